The molecule has 0 fully saturated rings. The summed E-state index contributed by atoms with van der Waals surface area (Å²) in [5.41, 5.74) is -1.41. The number of nitrogens with one attached hydrogen (secondary N) is 3. The van der Waals surface area contributed by atoms with E-state index in [1.807, 2.05) is 0 Å². The Morgan fingerprint density at radius 1 is 1.11 bits per heavy atom. The molecular weight excluding hydrogens is 373 g/mol. The minimum Gasteiger partial charge on any atom is -0.305 e. The topological polar surface area (TPSA) is 108 Å². The molecule has 3 rings (SSSR count). The molecule has 0 aliphatic rings. The zero-order valence-electron chi connectivity index (χ0n) is 14.2. The highest BCUT2D eigenvalue weighted by molar-refractivity contribution is 6.03. The standard InChI is InChI=1S/C18H13F3N6O.H2/c19-18(20,21)12-5-3-4-11(10-12)16(23)27-14(22)8-7-13(26-27)17(28)25-15-6-1-2-9-24-15;/h1-10,22-23H,(H,24,25,28);1H. The molecule has 2 heterocycles. The number of carbonyl (C=O) groups is 1. The van der Waals surface area contributed by atoms with Gasteiger partial charge in [-0.2, -0.15) is 23.0 Å². The van der Waals surface area contributed by atoms with Crippen LogP contribution in [0.3, 0.4) is 0 Å². The van der Waals surface area contributed by atoms with Crippen molar-refractivity contribution in [2.45, 2.75) is 6.18 Å². The minimum absolute atomic E-state index is 0. The van der Waals surface area contributed by atoms with Gasteiger partial charge >= 0.3 is 6.18 Å². The maximum Gasteiger partial charge on any atom is 0.416 e. The molecule has 0 bridgehead atoms. The number of amides is 1. The molecule has 10 heteroatoms. The summed E-state index contributed by atoms with van der Waals surface area (Å²) in [5.74, 6) is -0.823. The molecule has 1 aromatic carbocycles. The van der Waals surface area contributed by atoms with E-state index in [0.717, 1.165) is 22.9 Å². The first kappa shape index (κ1) is 19.0. The van der Waals surface area contributed by atoms with Crippen LogP contribution in [0, 0.1) is 10.8 Å². The lowest BCUT2D eigenvalue weighted by molar-refractivity contribution is -0.137. The van der Waals surface area contributed by atoms with E-state index in [1.165, 1.54) is 24.4 Å². The third kappa shape index (κ3) is 4.11. The van der Waals surface area contributed by atoms with E-state index in [0.29, 0.717) is 0 Å². The van der Waals surface area contributed by atoms with E-state index < -0.39 is 23.5 Å². The summed E-state index contributed by atoms with van der Waals surface area (Å²) in [5, 5.41) is 22.4. The van der Waals surface area contributed by atoms with Crippen LogP contribution in [0.5, 0.6) is 0 Å². The van der Waals surface area contributed by atoms with Crippen LogP contribution in [0.25, 0.3) is 0 Å². The molecule has 7 nitrogen and oxygen atoms in total. The molecule has 0 saturated carbocycles. The van der Waals surface area contributed by atoms with Gasteiger partial charge in [-0.25, -0.2) is 4.98 Å². The van der Waals surface area contributed by atoms with Gasteiger partial charge in [-0.3, -0.25) is 15.6 Å². The van der Waals surface area contributed by atoms with Crippen LogP contribution in [-0.2, 0) is 6.18 Å². The van der Waals surface area contributed by atoms with Crippen molar-refractivity contribution < 1.29 is 19.4 Å². The number of hydrogen-bond acceptors (Lipinski definition) is 5. The highest BCUT2D eigenvalue weighted by Gasteiger charge is 2.30. The second kappa shape index (κ2) is 7.43. The van der Waals surface area contributed by atoms with E-state index in [9.17, 15) is 18.0 Å². The first-order valence-corrected chi connectivity index (χ1v) is 7.89. The maximum atomic E-state index is 12.9. The van der Waals surface area contributed by atoms with Gasteiger partial charge in [-0.05, 0) is 36.4 Å². The Labute approximate surface area is 158 Å². The molecular formula is C18H15F3N6O. The zero-order chi connectivity index (χ0) is 20.3. The zero-order valence-corrected chi connectivity index (χ0v) is 14.2. The summed E-state index contributed by atoms with van der Waals surface area (Å²) >= 11 is 0. The van der Waals surface area contributed by atoms with Gasteiger partial charge in [0.05, 0.1) is 5.56 Å². The van der Waals surface area contributed by atoms with Gasteiger partial charge in [0.2, 0.25) is 0 Å². The summed E-state index contributed by atoms with van der Waals surface area (Å²) in [7, 11) is 0. The number of carbonyl (C=O) groups excluding carboxylic acids is 1. The number of nitrogens with zero attached hydrogens (tertiary/aromatic N) is 3. The van der Waals surface area contributed by atoms with Crippen LogP contribution in [0.1, 0.15) is 23.0 Å². The maximum absolute atomic E-state index is 12.9. The highest BCUT2D eigenvalue weighted by atomic mass is 19.4. The van der Waals surface area contributed by atoms with Crippen molar-refractivity contribution in [3.8, 4) is 0 Å². The fourth-order valence-electron chi connectivity index (χ4n) is 2.30. The van der Waals surface area contributed by atoms with Gasteiger partial charge in [0, 0.05) is 13.2 Å². The molecule has 1 amide bonds. The van der Waals surface area contributed by atoms with Crippen molar-refractivity contribution in [3.05, 3.63) is 83.1 Å². The fraction of sp³-hybridized carbons (Fsp3) is 0.0556. The van der Waals surface area contributed by atoms with E-state index in [-0.39, 0.29) is 24.0 Å². The number of anilines is 1. The number of hydrogen-bond donors (Lipinski definition) is 3. The quantitative estimate of drug-likeness (QED) is 0.474. The SMILES string of the molecule is N=C(c1cccc(C(F)(F)F)c1)n1nc(C(=O)Nc2ccccn2)ccc1=N.[HH]. The molecule has 0 aliphatic heterocycles. The van der Waals surface area contributed by atoms with Crippen LogP contribution < -0.4 is 10.8 Å². The molecule has 0 radical (unpaired) electrons. The van der Waals surface area contributed by atoms with Crippen molar-refractivity contribution in [1.82, 2.24) is 14.8 Å². The fourth-order valence-corrected chi connectivity index (χ4v) is 2.30. The predicted octanol–water partition coefficient (Wildman–Crippen LogP) is 3.15. The lowest BCUT2D eigenvalue weighted by Crippen LogP contribution is -2.32. The Morgan fingerprint density at radius 2 is 1.89 bits per heavy atom. The van der Waals surface area contributed by atoms with Gasteiger partial charge in [0.1, 0.15) is 17.0 Å². The molecule has 2 aromatic heterocycles. The third-order valence-corrected chi connectivity index (χ3v) is 3.65. The minimum atomic E-state index is -4.57. The van der Waals surface area contributed by atoms with Crippen molar-refractivity contribution in [3.63, 3.8) is 0 Å². The van der Waals surface area contributed by atoms with E-state index >= 15 is 0 Å². The van der Waals surface area contributed by atoms with E-state index in [1.54, 1.807) is 18.2 Å². The Kier molecular flexibility index (Phi) is 5.03. The predicted molar refractivity (Wildman–Crippen MR) is 96.1 cm³/mol. The Hall–Kier alpha value is -3.82. The van der Waals surface area contributed by atoms with Crippen LogP contribution >= 0.6 is 0 Å². The molecule has 3 aromatic rings. The number of halogens is 3. The number of benzene rings is 1. The summed E-state index contributed by atoms with van der Waals surface area (Å²) in [4.78, 5) is 16.3. The molecule has 0 aliphatic carbocycles. The van der Waals surface area contributed by atoms with Crippen molar-refractivity contribution in [2.75, 3.05) is 5.32 Å². The number of pyridine rings is 1. The first-order valence-electron chi connectivity index (χ1n) is 7.89. The highest BCUT2D eigenvalue weighted by Crippen LogP contribution is 2.29. The van der Waals surface area contributed by atoms with Crippen LogP contribution in [0.15, 0.2) is 60.8 Å². The van der Waals surface area contributed by atoms with E-state index in [2.05, 4.69) is 15.4 Å². The number of rotatable bonds is 3. The van der Waals surface area contributed by atoms with Crippen molar-refractivity contribution in [2.24, 2.45) is 0 Å². The Morgan fingerprint density at radius 3 is 2.57 bits per heavy atom. The van der Waals surface area contributed by atoms with Crippen molar-refractivity contribution in [1.29, 1.82) is 10.8 Å². The lowest BCUT2D eigenvalue weighted by atomic mass is 10.1. The molecule has 28 heavy (non-hydrogen) atoms. The van der Waals surface area contributed by atoms with Crippen LogP contribution in [0.4, 0.5) is 19.0 Å². The van der Waals surface area contributed by atoms with Gasteiger partial charge in [-0.1, -0.05) is 18.2 Å². The third-order valence-electron chi connectivity index (χ3n) is 3.65. The van der Waals surface area contributed by atoms with Crippen LogP contribution in [0.2, 0.25) is 0 Å². The average Bonchev–Trinajstić information content (AvgIpc) is 2.68. The molecule has 0 atom stereocenters. The Balaban J connectivity index is 0.00000300. The second-order valence-electron chi connectivity index (χ2n) is 5.61. The normalized spacial score (nSPS) is 11.1. The summed E-state index contributed by atoms with van der Waals surface area (Å²) < 4.78 is 39.5. The summed E-state index contributed by atoms with van der Waals surface area (Å²) in [6.45, 7) is 0. The number of alkyl halides is 3. The lowest BCUT2D eigenvalue weighted by Gasteiger charge is -2.12. The molecule has 0 spiro atoms. The van der Waals surface area contributed by atoms with Crippen LogP contribution in [-0.4, -0.2) is 26.5 Å². The number of aromatic nitrogens is 3. The van der Waals surface area contributed by atoms with Gasteiger partial charge in [-0.15, -0.1) is 0 Å². The largest absolute Gasteiger partial charge is 0.416 e. The van der Waals surface area contributed by atoms with Crippen molar-refractivity contribution >= 4 is 17.6 Å². The summed E-state index contributed by atoms with van der Waals surface area (Å²) in [6.07, 6.45) is -3.08. The first-order chi connectivity index (χ1) is 13.3. The molecule has 0 saturated heterocycles. The molecule has 144 valence electrons. The van der Waals surface area contributed by atoms with Gasteiger partial charge < -0.3 is 5.32 Å². The smallest absolute Gasteiger partial charge is 0.305 e. The van der Waals surface area contributed by atoms with Gasteiger partial charge in [0.25, 0.3) is 5.91 Å². The van der Waals surface area contributed by atoms with Gasteiger partial charge in [0.15, 0.2) is 5.84 Å². The Bertz CT molecular complexity index is 1100. The van der Waals surface area contributed by atoms with E-state index in [4.69, 9.17) is 10.8 Å². The molecule has 3 N–H and O–H groups in total. The molecule has 0 unspecified atom stereocenters. The second-order valence-corrected chi connectivity index (χ2v) is 5.61. The average molecular weight is 388 g/mol. The monoisotopic (exact) mass is 388 g/mol. The summed E-state index contributed by atoms with van der Waals surface area (Å²) in [6, 6.07) is 11.5.